The van der Waals surface area contributed by atoms with E-state index in [1.165, 1.54) is 15.4 Å². The van der Waals surface area contributed by atoms with Crippen LogP contribution in [0.2, 0.25) is 0 Å². The highest BCUT2D eigenvalue weighted by Crippen LogP contribution is 2.36. The minimum Gasteiger partial charge on any atom is -0.324 e. The third-order valence-corrected chi connectivity index (χ3v) is 4.61. The average molecular weight is 292 g/mol. The molecule has 0 aliphatic carbocycles. The molecular weight excluding hydrogens is 278 g/mol. The molecule has 1 nitrogen and oxygen atoms in total. The molecule has 0 spiro atoms. The Bertz CT molecular complexity index is 326. The molecular formula is C10H14BrNS2. The molecule has 1 aromatic rings. The van der Waals surface area contributed by atoms with Gasteiger partial charge in [0.05, 0.1) is 0 Å². The van der Waals surface area contributed by atoms with Gasteiger partial charge in [-0.25, -0.2) is 0 Å². The van der Waals surface area contributed by atoms with Gasteiger partial charge in [-0.2, -0.15) is 0 Å². The number of thioether (sulfide) groups is 2. The molecule has 0 aromatic heterocycles. The van der Waals surface area contributed by atoms with Crippen LogP contribution in [0.4, 0.5) is 0 Å². The normalized spacial score (nSPS) is 12.9. The zero-order valence-electron chi connectivity index (χ0n) is 8.50. The minimum absolute atomic E-state index is 0.0908. The van der Waals surface area contributed by atoms with Crippen LogP contribution in [0.15, 0.2) is 26.4 Å². The Morgan fingerprint density at radius 2 is 1.93 bits per heavy atom. The molecule has 1 atom stereocenters. The number of halogens is 1. The van der Waals surface area contributed by atoms with Gasteiger partial charge in [-0.15, -0.1) is 23.5 Å². The summed E-state index contributed by atoms with van der Waals surface area (Å²) in [7, 11) is 0. The molecule has 14 heavy (non-hydrogen) atoms. The second kappa shape index (κ2) is 5.45. The van der Waals surface area contributed by atoms with E-state index in [4.69, 9.17) is 5.73 Å². The van der Waals surface area contributed by atoms with Crippen molar-refractivity contribution >= 4 is 39.5 Å². The molecule has 2 N–H and O–H groups in total. The summed E-state index contributed by atoms with van der Waals surface area (Å²) in [6.07, 6.45) is 4.18. The first kappa shape index (κ1) is 12.4. The van der Waals surface area contributed by atoms with Gasteiger partial charge in [0.1, 0.15) is 0 Å². The van der Waals surface area contributed by atoms with E-state index in [2.05, 4.69) is 40.6 Å². The lowest BCUT2D eigenvalue weighted by atomic mass is 10.1. The molecule has 1 aromatic carbocycles. The summed E-state index contributed by atoms with van der Waals surface area (Å²) in [5.74, 6) is 0. The lowest BCUT2D eigenvalue weighted by Gasteiger charge is -2.12. The highest BCUT2D eigenvalue weighted by Gasteiger charge is 2.09. The molecule has 0 bridgehead atoms. The van der Waals surface area contributed by atoms with E-state index >= 15 is 0 Å². The second-order valence-corrected chi connectivity index (χ2v) is 5.55. The standard InChI is InChI=1S/C10H14BrNS2/c1-6(12)7-4-8(11)10(14-3)9(5-7)13-2/h4-6H,12H2,1-3H3. The first-order valence-electron chi connectivity index (χ1n) is 4.27. The molecule has 0 saturated carbocycles. The van der Waals surface area contributed by atoms with Gasteiger partial charge in [0, 0.05) is 20.3 Å². The zero-order valence-corrected chi connectivity index (χ0v) is 11.7. The highest BCUT2D eigenvalue weighted by atomic mass is 79.9. The molecule has 0 saturated heterocycles. The highest BCUT2D eigenvalue weighted by molar-refractivity contribution is 9.10. The molecule has 0 fully saturated rings. The molecule has 0 aliphatic heterocycles. The van der Waals surface area contributed by atoms with Crippen LogP contribution in [0.5, 0.6) is 0 Å². The van der Waals surface area contributed by atoms with Crippen molar-refractivity contribution in [3.63, 3.8) is 0 Å². The van der Waals surface area contributed by atoms with Gasteiger partial charge in [-0.1, -0.05) is 0 Å². The van der Waals surface area contributed by atoms with Crippen LogP contribution in [-0.2, 0) is 0 Å². The molecule has 0 amide bonds. The number of hydrogen-bond acceptors (Lipinski definition) is 3. The smallest absolute Gasteiger partial charge is 0.0348 e. The Labute approximate surface area is 102 Å². The Morgan fingerprint density at radius 3 is 2.36 bits per heavy atom. The van der Waals surface area contributed by atoms with Crippen LogP contribution in [0.3, 0.4) is 0 Å². The van der Waals surface area contributed by atoms with Crippen molar-refractivity contribution in [2.24, 2.45) is 5.73 Å². The minimum atomic E-state index is 0.0908. The Kier molecular flexibility index (Phi) is 4.83. The van der Waals surface area contributed by atoms with E-state index in [0.717, 1.165) is 4.47 Å². The third kappa shape index (κ3) is 2.69. The van der Waals surface area contributed by atoms with Crippen LogP contribution >= 0.6 is 39.5 Å². The molecule has 78 valence electrons. The van der Waals surface area contributed by atoms with E-state index < -0.39 is 0 Å². The summed E-state index contributed by atoms with van der Waals surface area (Å²) in [4.78, 5) is 2.58. The van der Waals surface area contributed by atoms with Gasteiger partial charge in [0.2, 0.25) is 0 Å². The second-order valence-electron chi connectivity index (χ2n) is 3.03. The summed E-state index contributed by atoms with van der Waals surface area (Å²) in [5, 5.41) is 0. The molecule has 1 rings (SSSR count). The zero-order chi connectivity index (χ0) is 10.7. The van der Waals surface area contributed by atoms with Crippen LogP contribution in [0.25, 0.3) is 0 Å². The molecule has 1 unspecified atom stereocenters. The Hall–Kier alpha value is 0.360. The number of hydrogen-bond donors (Lipinski definition) is 1. The lowest BCUT2D eigenvalue weighted by Crippen LogP contribution is -2.05. The van der Waals surface area contributed by atoms with Crippen molar-refractivity contribution < 1.29 is 0 Å². The fourth-order valence-electron chi connectivity index (χ4n) is 1.20. The number of nitrogens with two attached hydrogens (primary N) is 1. The number of rotatable bonds is 3. The van der Waals surface area contributed by atoms with Gasteiger partial charge in [-0.05, 0) is 53.1 Å². The van der Waals surface area contributed by atoms with Crippen molar-refractivity contribution in [3.8, 4) is 0 Å². The van der Waals surface area contributed by atoms with E-state index in [-0.39, 0.29) is 6.04 Å². The maximum absolute atomic E-state index is 5.86. The maximum atomic E-state index is 5.86. The third-order valence-electron chi connectivity index (χ3n) is 1.98. The van der Waals surface area contributed by atoms with Gasteiger partial charge < -0.3 is 5.73 Å². The summed E-state index contributed by atoms with van der Waals surface area (Å²) in [5.41, 5.74) is 7.04. The quantitative estimate of drug-likeness (QED) is 0.855. The Morgan fingerprint density at radius 1 is 1.29 bits per heavy atom. The van der Waals surface area contributed by atoms with E-state index in [0.29, 0.717) is 0 Å². The lowest BCUT2D eigenvalue weighted by molar-refractivity contribution is 0.810. The van der Waals surface area contributed by atoms with E-state index in [1.54, 1.807) is 23.5 Å². The molecule has 4 heteroatoms. The van der Waals surface area contributed by atoms with Gasteiger partial charge in [-0.3, -0.25) is 0 Å². The van der Waals surface area contributed by atoms with Crippen molar-refractivity contribution in [3.05, 3.63) is 22.2 Å². The molecule has 0 heterocycles. The summed E-state index contributed by atoms with van der Waals surface area (Å²) in [6, 6.07) is 4.37. The maximum Gasteiger partial charge on any atom is 0.0348 e. The van der Waals surface area contributed by atoms with Crippen molar-refractivity contribution in [2.45, 2.75) is 22.8 Å². The largest absolute Gasteiger partial charge is 0.324 e. The first-order valence-corrected chi connectivity index (χ1v) is 7.51. The average Bonchev–Trinajstić information content (AvgIpc) is 2.16. The Balaban J connectivity index is 3.24. The van der Waals surface area contributed by atoms with Gasteiger partial charge in [0.15, 0.2) is 0 Å². The van der Waals surface area contributed by atoms with Gasteiger partial charge >= 0.3 is 0 Å². The van der Waals surface area contributed by atoms with Crippen molar-refractivity contribution in [1.29, 1.82) is 0 Å². The number of benzene rings is 1. The first-order chi connectivity index (χ1) is 6.60. The van der Waals surface area contributed by atoms with Crippen LogP contribution in [-0.4, -0.2) is 12.5 Å². The van der Waals surface area contributed by atoms with Crippen molar-refractivity contribution in [2.75, 3.05) is 12.5 Å². The van der Waals surface area contributed by atoms with Gasteiger partial charge in [0.25, 0.3) is 0 Å². The predicted molar refractivity (Wildman–Crippen MR) is 70.3 cm³/mol. The topological polar surface area (TPSA) is 26.0 Å². The fraction of sp³-hybridized carbons (Fsp3) is 0.400. The van der Waals surface area contributed by atoms with Crippen LogP contribution in [0, 0.1) is 0 Å². The summed E-state index contributed by atoms with van der Waals surface area (Å²) in [6.45, 7) is 2.00. The molecule has 0 radical (unpaired) electrons. The SMILES string of the molecule is CSc1cc(C(C)N)cc(Br)c1SC. The predicted octanol–water partition coefficient (Wildman–Crippen LogP) is 3.91. The van der Waals surface area contributed by atoms with Crippen molar-refractivity contribution in [1.82, 2.24) is 0 Å². The fourth-order valence-corrected chi connectivity index (χ4v) is 3.86. The summed E-state index contributed by atoms with van der Waals surface area (Å²) >= 11 is 7.10. The van der Waals surface area contributed by atoms with Crippen LogP contribution < -0.4 is 5.73 Å². The van der Waals surface area contributed by atoms with E-state index in [9.17, 15) is 0 Å². The monoisotopic (exact) mass is 291 g/mol. The molecule has 0 aliphatic rings. The summed E-state index contributed by atoms with van der Waals surface area (Å²) < 4.78 is 1.14. The van der Waals surface area contributed by atoms with Crippen LogP contribution in [0.1, 0.15) is 18.5 Å². The van der Waals surface area contributed by atoms with E-state index in [1.807, 2.05) is 6.92 Å².